The number of methoxy groups -OCH3 is 1. The molecule has 0 spiro atoms. The normalized spacial score (nSPS) is 9.87. The molecule has 0 saturated heterocycles. The van der Waals surface area contributed by atoms with E-state index in [1.165, 1.54) is 11.1 Å². The monoisotopic (exact) mass is 315 g/mol. The van der Waals surface area contributed by atoms with Crippen molar-refractivity contribution in [1.82, 2.24) is 0 Å². The zero-order valence-corrected chi connectivity index (χ0v) is 14.1. The first-order valence-electron chi connectivity index (χ1n) is 7.98. The van der Waals surface area contributed by atoms with Gasteiger partial charge in [-0.05, 0) is 43.0 Å². The topological polar surface area (TPSA) is 38.7 Å². The quantitative estimate of drug-likeness (QED) is 0.799. The second-order valence-electron chi connectivity index (χ2n) is 5.09. The van der Waals surface area contributed by atoms with Gasteiger partial charge in [0.15, 0.2) is 11.5 Å². The average molecular weight is 315 g/mol. The van der Waals surface area contributed by atoms with Gasteiger partial charge in [0.25, 0.3) is 0 Å². The Hall–Kier alpha value is -2.00. The predicted molar refractivity (Wildman–Crippen MR) is 94.7 cm³/mol. The highest BCUT2D eigenvalue weighted by Crippen LogP contribution is 2.26. The highest BCUT2D eigenvalue weighted by molar-refractivity contribution is 5.41. The summed E-state index contributed by atoms with van der Waals surface area (Å²) in [4.78, 5) is 0. The van der Waals surface area contributed by atoms with E-state index in [-0.39, 0.29) is 5.75 Å². The van der Waals surface area contributed by atoms with Gasteiger partial charge in [-0.25, -0.2) is 0 Å². The highest BCUT2D eigenvalue weighted by atomic mass is 16.5. The van der Waals surface area contributed by atoms with Gasteiger partial charge in [-0.15, -0.1) is 0 Å². The van der Waals surface area contributed by atoms with Crippen molar-refractivity contribution in [1.29, 1.82) is 0 Å². The van der Waals surface area contributed by atoms with Crippen molar-refractivity contribution in [2.24, 2.45) is 0 Å². The van der Waals surface area contributed by atoms with E-state index in [1.807, 2.05) is 37.3 Å². The molecule has 1 radical (unpaired) electrons. The second-order valence-corrected chi connectivity index (χ2v) is 5.09. The molecule has 0 unspecified atom stereocenters. The summed E-state index contributed by atoms with van der Waals surface area (Å²) in [6.45, 7) is 7.30. The second kappa shape index (κ2) is 11.6. The number of phenols is 1. The number of ether oxygens (including phenoxy) is 2. The maximum absolute atomic E-state index is 9.32. The van der Waals surface area contributed by atoms with E-state index in [0.717, 1.165) is 32.5 Å². The summed E-state index contributed by atoms with van der Waals surface area (Å²) in [6, 6.07) is 15.6. The molecule has 0 aliphatic heterocycles. The van der Waals surface area contributed by atoms with E-state index in [2.05, 4.69) is 19.1 Å². The van der Waals surface area contributed by atoms with Gasteiger partial charge in [-0.3, -0.25) is 0 Å². The van der Waals surface area contributed by atoms with E-state index in [4.69, 9.17) is 9.47 Å². The summed E-state index contributed by atoms with van der Waals surface area (Å²) < 4.78 is 10.2. The van der Waals surface area contributed by atoms with Crippen LogP contribution in [-0.4, -0.2) is 18.8 Å². The number of hydrogen-bond acceptors (Lipinski definition) is 3. The molecule has 1 N–H and O–H groups in total. The van der Waals surface area contributed by atoms with Crippen molar-refractivity contribution in [2.45, 2.75) is 32.8 Å². The average Bonchev–Trinajstić information content (AvgIpc) is 2.60. The summed E-state index contributed by atoms with van der Waals surface area (Å²) in [5.74, 6) is 0.738. The lowest BCUT2D eigenvalue weighted by Crippen LogP contribution is -1.90. The molecule has 2 aromatic carbocycles. The third-order valence-corrected chi connectivity index (χ3v) is 3.28. The van der Waals surface area contributed by atoms with Crippen molar-refractivity contribution in [3.05, 3.63) is 66.6 Å². The number of rotatable bonds is 7. The van der Waals surface area contributed by atoms with Gasteiger partial charge in [0, 0.05) is 6.61 Å². The third kappa shape index (κ3) is 7.71. The molecule has 0 aromatic heterocycles. The summed E-state index contributed by atoms with van der Waals surface area (Å²) >= 11 is 0. The fourth-order valence-electron chi connectivity index (χ4n) is 2.00. The minimum absolute atomic E-state index is 0.195. The molecule has 0 fully saturated rings. The van der Waals surface area contributed by atoms with Gasteiger partial charge >= 0.3 is 0 Å². The van der Waals surface area contributed by atoms with E-state index >= 15 is 0 Å². The molecule has 0 saturated carbocycles. The SMILES string of the molecule is CCOCc1ccccc1.[CH2]CCCc1ccc(O)c(OC)c1. The smallest absolute Gasteiger partial charge is 0.160 e. The highest BCUT2D eigenvalue weighted by Gasteiger charge is 2.01. The molecule has 3 nitrogen and oxygen atoms in total. The van der Waals surface area contributed by atoms with E-state index < -0.39 is 0 Å². The van der Waals surface area contributed by atoms with Crippen LogP contribution in [0.2, 0.25) is 0 Å². The predicted octanol–water partition coefficient (Wildman–Crippen LogP) is 4.78. The van der Waals surface area contributed by atoms with Gasteiger partial charge in [-0.1, -0.05) is 49.7 Å². The number of aromatic hydroxyl groups is 1. The number of phenolic OH excluding ortho intramolecular Hbond substituents is 1. The van der Waals surface area contributed by atoms with Crippen LogP contribution in [-0.2, 0) is 17.8 Å². The standard InChI is InChI=1S/C11H15O2.C9H12O/c1-3-4-5-9-6-7-10(12)11(8-9)13-2;1-2-10-8-9-6-4-3-5-7-9/h6-8,12H,1,3-5H2,2H3;3-7H,2,8H2,1H3. The Balaban J connectivity index is 0.000000238. The first-order valence-corrected chi connectivity index (χ1v) is 7.98. The van der Waals surface area contributed by atoms with Crippen molar-refractivity contribution in [3.8, 4) is 11.5 Å². The fourth-order valence-corrected chi connectivity index (χ4v) is 2.00. The van der Waals surface area contributed by atoms with Crippen LogP contribution in [0.5, 0.6) is 11.5 Å². The van der Waals surface area contributed by atoms with Crippen LogP contribution >= 0.6 is 0 Å². The van der Waals surface area contributed by atoms with Crippen molar-refractivity contribution in [2.75, 3.05) is 13.7 Å². The van der Waals surface area contributed by atoms with Gasteiger partial charge in [-0.2, -0.15) is 0 Å². The van der Waals surface area contributed by atoms with Crippen LogP contribution in [0.1, 0.15) is 30.9 Å². The van der Waals surface area contributed by atoms with Gasteiger partial charge in [0.1, 0.15) is 0 Å². The molecule has 2 rings (SSSR count). The summed E-state index contributed by atoms with van der Waals surface area (Å²) in [7, 11) is 1.56. The summed E-state index contributed by atoms with van der Waals surface area (Å²) in [5, 5.41) is 9.32. The molecule has 0 amide bonds. The van der Waals surface area contributed by atoms with E-state index in [1.54, 1.807) is 13.2 Å². The van der Waals surface area contributed by atoms with Crippen LogP contribution in [0, 0.1) is 6.92 Å². The molecule has 0 aliphatic rings. The molecule has 0 atom stereocenters. The summed E-state index contributed by atoms with van der Waals surface area (Å²) in [5.41, 5.74) is 2.42. The molecule has 23 heavy (non-hydrogen) atoms. The lowest BCUT2D eigenvalue weighted by Gasteiger charge is -2.05. The van der Waals surface area contributed by atoms with Gasteiger partial charge in [0.05, 0.1) is 13.7 Å². The number of benzene rings is 2. The Morgan fingerprint density at radius 3 is 2.39 bits per heavy atom. The molecular formula is C20H27O3. The fraction of sp³-hybridized carbons (Fsp3) is 0.350. The Morgan fingerprint density at radius 2 is 1.78 bits per heavy atom. The number of unbranched alkanes of at least 4 members (excludes halogenated alkanes) is 1. The molecule has 2 aromatic rings. The minimum atomic E-state index is 0.195. The van der Waals surface area contributed by atoms with Crippen LogP contribution in [0.15, 0.2) is 48.5 Å². The Bertz CT molecular complexity index is 538. The van der Waals surface area contributed by atoms with Crippen LogP contribution in [0.4, 0.5) is 0 Å². The van der Waals surface area contributed by atoms with Gasteiger partial charge in [0.2, 0.25) is 0 Å². The largest absolute Gasteiger partial charge is 0.504 e. The van der Waals surface area contributed by atoms with E-state index in [0.29, 0.717) is 5.75 Å². The van der Waals surface area contributed by atoms with Crippen LogP contribution in [0.3, 0.4) is 0 Å². The van der Waals surface area contributed by atoms with Gasteiger partial charge < -0.3 is 14.6 Å². The van der Waals surface area contributed by atoms with Crippen molar-refractivity contribution >= 4 is 0 Å². The maximum atomic E-state index is 9.32. The van der Waals surface area contributed by atoms with E-state index in [9.17, 15) is 5.11 Å². The third-order valence-electron chi connectivity index (χ3n) is 3.28. The minimum Gasteiger partial charge on any atom is -0.504 e. The summed E-state index contributed by atoms with van der Waals surface area (Å²) in [6.07, 6.45) is 2.98. The Labute approximate surface area is 139 Å². The Kier molecular flexibility index (Phi) is 9.57. The molecule has 125 valence electrons. The molecule has 0 bridgehead atoms. The van der Waals surface area contributed by atoms with Crippen molar-refractivity contribution in [3.63, 3.8) is 0 Å². The lowest BCUT2D eigenvalue weighted by atomic mass is 10.1. The zero-order valence-electron chi connectivity index (χ0n) is 14.1. The van der Waals surface area contributed by atoms with Crippen molar-refractivity contribution < 1.29 is 14.6 Å². The van der Waals surface area contributed by atoms with Crippen LogP contribution in [0.25, 0.3) is 0 Å². The first kappa shape index (κ1) is 19.0. The zero-order chi connectivity index (χ0) is 16.9. The Morgan fingerprint density at radius 1 is 1.04 bits per heavy atom. The molecule has 3 heteroatoms. The van der Waals surface area contributed by atoms with Crippen LogP contribution < -0.4 is 4.74 Å². The number of aryl methyl sites for hydroxylation is 1. The molecular weight excluding hydrogens is 288 g/mol. The molecule has 0 aliphatic carbocycles. The number of hydrogen-bond donors (Lipinski definition) is 1. The first-order chi connectivity index (χ1) is 11.2. The lowest BCUT2D eigenvalue weighted by molar-refractivity contribution is 0.134. The molecule has 0 heterocycles. The maximum Gasteiger partial charge on any atom is 0.160 e.